The molecule has 1 amide bonds. The summed E-state index contributed by atoms with van der Waals surface area (Å²) in [5, 5.41) is 9.48. The van der Waals surface area contributed by atoms with Gasteiger partial charge in [0.1, 0.15) is 12.4 Å². The summed E-state index contributed by atoms with van der Waals surface area (Å²) < 4.78 is 0. The molecule has 0 fully saturated rings. The van der Waals surface area contributed by atoms with Gasteiger partial charge in [-0.25, -0.2) is 0 Å². The Bertz CT molecular complexity index is 420. The topological polar surface area (TPSA) is 84.6 Å². The van der Waals surface area contributed by atoms with Gasteiger partial charge in [-0.3, -0.25) is 9.63 Å². The number of benzene rings is 1. The Kier molecular flexibility index (Phi) is 3.61. The lowest BCUT2D eigenvalue weighted by Crippen LogP contribution is -2.29. The molecule has 1 aromatic rings. The number of phenols is 1. The summed E-state index contributed by atoms with van der Waals surface area (Å²) >= 11 is 0. The highest BCUT2D eigenvalue weighted by atomic mass is 16.6. The third-order valence-electron chi connectivity index (χ3n) is 2.88. The van der Waals surface area contributed by atoms with Crippen LogP contribution in [-0.2, 0) is 16.1 Å². The molecule has 4 N–H and O–H groups in total. The first-order chi connectivity index (χ1) is 8.16. The lowest BCUT2D eigenvalue weighted by atomic mass is 9.88. The van der Waals surface area contributed by atoms with Crippen molar-refractivity contribution in [3.63, 3.8) is 0 Å². The monoisotopic (exact) mass is 236 g/mol. The van der Waals surface area contributed by atoms with Crippen molar-refractivity contribution in [2.24, 2.45) is 5.73 Å². The Labute approximate surface area is 99.5 Å². The second-order valence-electron chi connectivity index (χ2n) is 4.20. The molecule has 0 aliphatic heterocycles. The van der Waals surface area contributed by atoms with Gasteiger partial charge in [0, 0.05) is 0 Å². The summed E-state index contributed by atoms with van der Waals surface area (Å²) in [7, 11) is 0. The van der Waals surface area contributed by atoms with Gasteiger partial charge in [-0.15, -0.1) is 0 Å². The summed E-state index contributed by atoms with van der Waals surface area (Å²) in [5.41, 5.74) is 10.0. The van der Waals surface area contributed by atoms with Crippen LogP contribution in [0.2, 0.25) is 0 Å². The van der Waals surface area contributed by atoms with E-state index in [-0.39, 0.29) is 18.4 Å². The number of nitrogens with one attached hydrogen (secondary N) is 1. The Hall–Kier alpha value is -1.59. The van der Waals surface area contributed by atoms with Crippen molar-refractivity contribution in [1.29, 1.82) is 0 Å². The van der Waals surface area contributed by atoms with Crippen molar-refractivity contribution in [2.45, 2.75) is 25.3 Å². The predicted octanol–water partition coefficient (Wildman–Crippen LogP) is 0.776. The van der Waals surface area contributed by atoms with Gasteiger partial charge < -0.3 is 10.8 Å². The summed E-state index contributed by atoms with van der Waals surface area (Å²) in [6.45, 7) is -0.148. The second-order valence-corrected chi connectivity index (χ2v) is 4.20. The lowest BCUT2D eigenvalue weighted by Gasteiger charge is -2.25. The van der Waals surface area contributed by atoms with Gasteiger partial charge in [-0.1, -0.05) is 6.07 Å². The molecule has 0 saturated carbocycles. The summed E-state index contributed by atoms with van der Waals surface area (Å²) in [6.07, 6.45) is 2.97. The van der Waals surface area contributed by atoms with Crippen LogP contribution in [0.5, 0.6) is 5.75 Å². The standard InChI is InChI=1S/C12H16N2O3/c13-12(16)7-17-14-11-3-1-2-8-4-5-9(15)6-10(8)11/h4-6,11,14-15H,1-3,7H2,(H2,13,16). The average molecular weight is 236 g/mol. The largest absolute Gasteiger partial charge is 0.508 e. The fourth-order valence-electron chi connectivity index (χ4n) is 2.12. The number of hydrogen-bond donors (Lipinski definition) is 3. The van der Waals surface area contributed by atoms with E-state index in [1.807, 2.05) is 6.07 Å². The van der Waals surface area contributed by atoms with Crippen molar-refractivity contribution in [3.8, 4) is 5.75 Å². The van der Waals surface area contributed by atoms with E-state index in [1.165, 1.54) is 5.56 Å². The molecule has 1 unspecified atom stereocenters. The normalized spacial score (nSPS) is 18.7. The molecule has 17 heavy (non-hydrogen) atoms. The molecule has 0 aromatic heterocycles. The molecule has 5 nitrogen and oxygen atoms in total. The zero-order valence-electron chi connectivity index (χ0n) is 9.48. The highest BCUT2D eigenvalue weighted by Gasteiger charge is 2.20. The Morgan fingerprint density at radius 1 is 1.59 bits per heavy atom. The maximum Gasteiger partial charge on any atom is 0.245 e. The number of amides is 1. The zero-order valence-corrected chi connectivity index (χ0v) is 9.48. The minimum Gasteiger partial charge on any atom is -0.508 e. The average Bonchev–Trinajstić information content (AvgIpc) is 2.29. The van der Waals surface area contributed by atoms with Crippen LogP contribution >= 0.6 is 0 Å². The van der Waals surface area contributed by atoms with E-state index in [2.05, 4.69) is 5.48 Å². The van der Waals surface area contributed by atoms with Crippen molar-refractivity contribution in [2.75, 3.05) is 6.61 Å². The zero-order chi connectivity index (χ0) is 12.3. The van der Waals surface area contributed by atoms with Gasteiger partial charge in [-0.2, -0.15) is 5.48 Å². The lowest BCUT2D eigenvalue weighted by molar-refractivity contribution is -0.126. The molecular formula is C12H16N2O3. The smallest absolute Gasteiger partial charge is 0.245 e. The van der Waals surface area contributed by atoms with Crippen LogP contribution in [0.15, 0.2) is 18.2 Å². The molecule has 0 spiro atoms. The first kappa shape index (κ1) is 11.9. The number of aryl methyl sites for hydroxylation is 1. The first-order valence-electron chi connectivity index (χ1n) is 5.64. The van der Waals surface area contributed by atoms with Crippen molar-refractivity contribution in [1.82, 2.24) is 5.48 Å². The maximum absolute atomic E-state index is 10.6. The van der Waals surface area contributed by atoms with E-state index in [1.54, 1.807) is 12.1 Å². The molecule has 1 atom stereocenters. The predicted molar refractivity (Wildman–Crippen MR) is 62.1 cm³/mol. The number of carbonyl (C=O) groups is 1. The fourth-order valence-corrected chi connectivity index (χ4v) is 2.12. The third kappa shape index (κ3) is 2.95. The van der Waals surface area contributed by atoms with Crippen LogP contribution in [0.25, 0.3) is 0 Å². The molecule has 0 saturated heterocycles. The van der Waals surface area contributed by atoms with Gasteiger partial charge in [0.2, 0.25) is 5.91 Å². The molecular weight excluding hydrogens is 220 g/mol. The van der Waals surface area contributed by atoms with Crippen molar-refractivity contribution >= 4 is 5.91 Å². The number of carbonyl (C=O) groups excluding carboxylic acids is 1. The minimum atomic E-state index is -0.510. The summed E-state index contributed by atoms with van der Waals surface area (Å²) in [4.78, 5) is 15.6. The van der Waals surface area contributed by atoms with Crippen LogP contribution in [0, 0.1) is 0 Å². The van der Waals surface area contributed by atoms with E-state index in [9.17, 15) is 9.90 Å². The molecule has 1 aliphatic carbocycles. The number of hydrogen-bond acceptors (Lipinski definition) is 4. The molecule has 1 aliphatic rings. The van der Waals surface area contributed by atoms with Crippen molar-refractivity contribution in [3.05, 3.63) is 29.3 Å². The number of phenolic OH excluding ortho intramolecular Hbond substituents is 1. The molecule has 2 rings (SSSR count). The molecule has 1 aromatic carbocycles. The SMILES string of the molecule is NC(=O)CONC1CCCc2ccc(O)cc21. The summed E-state index contributed by atoms with van der Waals surface area (Å²) in [5.74, 6) is -0.267. The highest BCUT2D eigenvalue weighted by Crippen LogP contribution is 2.31. The number of fused-ring (bicyclic) bond motifs is 1. The van der Waals surface area contributed by atoms with Crippen LogP contribution in [0.3, 0.4) is 0 Å². The minimum absolute atomic E-state index is 0.00481. The number of nitrogens with two attached hydrogens (primary N) is 1. The van der Waals surface area contributed by atoms with Gasteiger partial charge in [0.15, 0.2) is 0 Å². The number of aromatic hydroxyl groups is 1. The van der Waals surface area contributed by atoms with Crippen molar-refractivity contribution < 1.29 is 14.7 Å². The Balaban J connectivity index is 2.05. The van der Waals surface area contributed by atoms with E-state index >= 15 is 0 Å². The number of rotatable bonds is 4. The maximum atomic E-state index is 10.6. The number of hydroxylamine groups is 1. The molecule has 5 heteroatoms. The van der Waals surface area contributed by atoms with E-state index in [0.29, 0.717) is 0 Å². The van der Waals surface area contributed by atoms with Gasteiger partial charge in [0.25, 0.3) is 0 Å². The van der Waals surface area contributed by atoms with Gasteiger partial charge in [-0.05, 0) is 42.5 Å². The third-order valence-corrected chi connectivity index (χ3v) is 2.88. The molecule has 0 bridgehead atoms. The van der Waals surface area contributed by atoms with Crippen LogP contribution < -0.4 is 11.2 Å². The molecule has 0 heterocycles. The fraction of sp³-hybridized carbons (Fsp3) is 0.417. The van der Waals surface area contributed by atoms with Crippen LogP contribution in [-0.4, -0.2) is 17.6 Å². The summed E-state index contributed by atoms with van der Waals surface area (Å²) in [6, 6.07) is 5.35. The van der Waals surface area contributed by atoms with E-state index in [0.717, 1.165) is 24.8 Å². The number of primary amides is 1. The second kappa shape index (κ2) is 5.16. The van der Waals surface area contributed by atoms with E-state index < -0.39 is 5.91 Å². The Morgan fingerprint density at radius 3 is 3.18 bits per heavy atom. The van der Waals surface area contributed by atoms with E-state index in [4.69, 9.17) is 10.6 Å². The first-order valence-corrected chi connectivity index (χ1v) is 5.64. The quantitative estimate of drug-likeness (QED) is 0.674. The highest BCUT2D eigenvalue weighted by molar-refractivity contribution is 5.74. The molecule has 0 radical (unpaired) electrons. The van der Waals surface area contributed by atoms with Crippen LogP contribution in [0.4, 0.5) is 0 Å². The van der Waals surface area contributed by atoms with Crippen LogP contribution in [0.1, 0.15) is 30.0 Å². The van der Waals surface area contributed by atoms with Gasteiger partial charge in [0.05, 0.1) is 6.04 Å². The Morgan fingerprint density at radius 2 is 2.41 bits per heavy atom. The van der Waals surface area contributed by atoms with Gasteiger partial charge >= 0.3 is 0 Å². The molecule has 92 valence electrons.